The number of aliphatic hydroxyl groups is 1. The highest BCUT2D eigenvalue weighted by Crippen LogP contribution is 2.37. The lowest BCUT2D eigenvalue weighted by atomic mass is 10.1. The van der Waals surface area contributed by atoms with Crippen molar-refractivity contribution in [2.24, 2.45) is 5.73 Å². The molecule has 0 saturated heterocycles. The standard InChI is InChI=1S/C9H8Cl2F3NO/c10-5-1-4(9(12,13)14)2-6(11)8(5)7(15)3-16/h1-2,7,16H,3,15H2/t7-/m1/s1. The van der Waals surface area contributed by atoms with Gasteiger partial charge in [0, 0.05) is 15.6 Å². The van der Waals surface area contributed by atoms with Crippen molar-refractivity contribution in [1.82, 2.24) is 0 Å². The Morgan fingerprint density at radius 3 is 2.00 bits per heavy atom. The molecule has 7 heteroatoms. The van der Waals surface area contributed by atoms with E-state index in [4.69, 9.17) is 34.0 Å². The second kappa shape index (κ2) is 4.79. The van der Waals surface area contributed by atoms with E-state index in [-0.39, 0.29) is 15.6 Å². The van der Waals surface area contributed by atoms with Gasteiger partial charge in [0.1, 0.15) is 0 Å². The van der Waals surface area contributed by atoms with Crippen molar-refractivity contribution in [3.63, 3.8) is 0 Å². The van der Waals surface area contributed by atoms with Crippen molar-refractivity contribution in [2.45, 2.75) is 12.2 Å². The molecule has 0 aliphatic carbocycles. The van der Waals surface area contributed by atoms with Crippen LogP contribution in [0.2, 0.25) is 10.0 Å². The molecule has 0 saturated carbocycles. The molecular weight excluding hydrogens is 266 g/mol. The van der Waals surface area contributed by atoms with Gasteiger partial charge in [-0.2, -0.15) is 13.2 Å². The van der Waals surface area contributed by atoms with Gasteiger partial charge in [0.2, 0.25) is 0 Å². The fourth-order valence-electron chi connectivity index (χ4n) is 1.19. The van der Waals surface area contributed by atoms with E-state index in [0.717, 1.165) is 12.1 Å². The lowest BCUT2D eigenvalue weighted by Crippen LogP contribution is -2.16. The topological polar surface area (TPSA) is 46.2 Å². The van der Waals surface area contributed by atoms with Gasteiger partial charge in [0.05, 0.1) is 18.2 Å². The lowest BCUT2D eigenvalue weighted by Gasteiger charge is -2.15. The van der Waals surface area contributed by atoms with Crippen molar-refractivity contribution >= 4 is 23.2 Å². The number of halogens is 5. The number of nitrogens with two attached hydrogens (primary N) is 1. The molecule has 1 aromatic rings. The van der Waals surface area contributed by atoms with E-state index < -0.39 is 24.4 Å². The van der Waals surface area contributed by atoms with Crippen molar-refractivity contribution in [2.75, 3.05) is 6.61 Å². The average molecular weight is 274 g/mol. The van der Waals surface area contributed by atoms with Crippen LogP contribution < -0.4 is 5.73 Å². The number of aliphatic hydroxyl groups excluding tert-OH is 1. The minimum atomic E-state index is -4.52. The number of hydrogen-bond donors (Lipinski definition) is 2. The Morgan fingerprint density at radius 1 is 1.25 bits per heavy atom. The Kier molecular flexibility index (Phi) is 4.07. The highest BCUT2D eigenvalue weighted by atomic mass is 35.5. The number of hydrogen-bond acceptors (Lipinski definition) is 2. The summed E-state index contributed by atoms with van der Waals surface area (Å²) >= 11 is 11.3. The molecule has 2 nitrogen and oxygen atoms in total. The van der Waals surface area contributed by atoms with Crippen LogP contribution in [0.25, 0.3) is 0 Å². The fourth-order valence-corrected chi connectivity index (χ4v) is 1.96. The molecule has 0 aromatic heterocycles. The summed E-state index contributed by atoms with van der Waals surface area (Å²) in [5, 5.41) is 8.39. The van der Waals surface area contributed by atoms with Crippen LogP contribution in [-0.2, 0) is 6.18 Å². The van der Waals surface area contributed by atoms with Gasteiger partial charge in [-0.3, -0.25) is 0 Å². The van der Waals surface area contributed by atoms with E-state index in [9.17, 15) is 13.2 Å². The molecule has 0 aliphatic rings. The molecule has 1 rings (SSSR count). The molecule has 1 atom stereocenters. The quantitative estimate of drug-likeness (QED) is 0.870. The zero-order chi connectivity index (χ0) is 12.5. The Morgan fingerprint density at radius 2 is 1.69 bits per heavy atom. The van der Waals surface area contributed by atoms with E-state index in [1.54, 1.807) is 0 Å². The zero-order valence-electron chi connectivity index (χ0n) is 7.85. The van der Waals surface area contributed by atoms with Crippen LogP contribution in [0.4, 0.5) is 13.2 Å². The van der Waals surface area contributed by atoms with Gasteiger partial charge in [-0.25, -0.2) is 0 Å². The molecule has 0 radical (unpaired) electrons. The molecule has 0 heterocycles. The van der Waals surface area contributed by atoms with Gasteiger partial charge in [0.25, 0.3) is 0 Å². The summed E-state index contributed by atoms with van der Waals surface area (Å²) in [4.78, 5) is 0. The first-order valence-corrected chi connectivity index (χ1v) is 4.95. The normalized spacial score (nSPS) is 13.9. The van der Waals surface area contributed by atoms with Crippen LogP contribution in [-0.4, -0.2) is 11.7 Å². The van der Waals surface area contributed by atoms with Crippen LogP contribution in [0.3, 0.4) is 0 Å². The highest BCUT2D eigenvalue weighted by molar-refractivity contribution is 6.36. The van der Waals surface area contributed by atoms with Gasteiger partial charge in [-0.1, -0.05) is 23.2 Å². The van der Waals surface area contributed by atoms with E-state index in [2.05, 4.69) is 0 Å². The smallest absolute Gasteiger partial charge is 0.394 e. The van der Waals surface area contributed by atoms with E-state index >= 15 is 0 Å². The molecule has 0 unspecified atom stereocenters. The van der Waals surface area contributed by atoms with Crippen LogP contribution in [0.5, 0.6) is 0 Å². The van der Waals surface area contributed by atoms with Gasteiger partial charge < -0.3 is 10.8 Å². The minimum absolute atomic E-state index is 0.110. The van der Waals surface area contributed by atoms with Crippen molar-refractivity contribution in [3.8, 4) is 0 Å². The summed E-state index contributed by atoms with van der Waals surface area (Å²) in [5.74, 6) is 0. The first-order valence-electron chi connectivity index (χ1n) is 4.20. The maximum atomic E-state index is 12.4. The Bertz CT molecular complexity index is 372. The third-order valence-corrected chi connectivity index (χ3v) is 2.60. The predicted octanol–water partition coefficient (Wildman–Crippen LogP) is 3.00. The third kappa shape index (κ3) is 2.79. The van der Waals surface area contributed by atoms with Crippen LogP contribution in [0.1, 0.15) is 17.2 Å². The molecule has 0 fully saturated rings. The number of benzene rings is 1. The minimum Gasteiger partial charge on any atom is -0.394 e. The SMILES string of the molecule is N[C@H](CO)c1c(Cl)cc(C(F)(F)F)cc1Cl. The van der Waals surface area contributed by atoms with Crippen molar-refractivity contribution in [1.29, 1.82) is 0 Å². The van der Waals surface area contributed by atoms with Crippen LogP contribution in [0, 0.1) is 0 Å². The molecular formula is C9H8Cl2F3NO. The van der Waals surface area contributed by atoms with E-state index in [1.165, 1.54) is 0 Å². The Labute approximate surface area is 99.8 Å². The molecule has 0 aliphatic heterocycles. The first-order chi connectivity index (χ1) is 7.27. The summed E-state index contributed by atoms with van der Waals surface area (Å²) in [6.07, 6.45) is -4.52. The Hall–Kier alpha value is -0.490. The van der Waals surface area contributed by atoms with Gasteiger partial charge in [0.15, 0.2) is 0 Å². The third-order valence-electron chi connectivity index (χ3n) is 1.97. The molecule has 0 bridgehead atoms. The van der Waals surface area contributed by atoms with E-state index in [0.29, 0.717) is 0 Å². The molecule has 3 N–H and O–H groups in total. The largest absolute Gasteiger partial charge is 0.416 e. The number of alkyl halides is 3. The van der Waals surface area contributed by atoms with Gasteiger partial charge >= 0.3 is 6.18 Å². The molecule has 1 aromatic carbocycles. The van der Waals surface area contributed by atoms with Crippen molar-refractivity contribution in [3.05, 3.63) is 33.3 Å². The summed E-state index contributed by atoms with van der Waals surface area (Å²) in [5.41, 5.74) is 4.62. The van der Waals surface area contributed by atoms with Crippen LogP contribution in [0.15, 0.2) is 12.1 Å². The molecule has 90 valence electrons. The maximum absolute atomic E-state index is 12.4. The second-order valence-corrected chi connectivity index (χ2v) is 3.95. The monoisotopic (exact) mass is 273 g/mol. The molecule has 16 heavy (non-hydrogen) atoms. The summed E-state index contributed by atoms with van der Waals surface area (Å²) in [6.45, 7) is -0.454. The predicted molar refractivity (Wildman–Crippen MR) is 55.5 cm³/mol. The van der Waals surface area contributed by atoms with Crippen LogP contribution >= 0.6 is 23.2 Å². The van der Waals surface area contributed by atoms with Crippen molar-refractivity contribution < 1.29 is 18.3 Å². The summed E-state index contributed by atoms with van der Waals surface area (Å²) < 4.78 is 37.1. The fraction of sp³-hybridized carbons (Fsp3) is 0.333. The van der Waals surface area contributed by atoms with E-state index in [1.807, 2.05) is 0 Å². The van der Waals surface area contributed by atoms with Gasteiger partial charge in [-0.15, -0.1) is 0 Å². The number of rotatable bonds is 2. The summed E-state index contributed by atoms with van der Waals surface area (Å²) in [7, 11) is 0. The maximum Gasteiger partial charge on any atom is 0.416 e. The molecule has 0 amide bonds. The Balaban J connectivity index is 3.28. The lowest BCUT2D eigenvalue weighted by molar-refractivity contribution is -0.137. The first kappa shape index (κ1) is 13.6. The zero-order valence-corrected chi connectivity index (χ0v) is 9.37. The average Bonchev–Trinajstić information content (AvgIpc) is 2.14. The van der Waals surface area contributed by atoms with Gasteiger partial charge in [-0.05, 0) is 12.1 Å². The summed E-state index contributed by atoms with van der Waals surface area (Å²) in [6, 6.07) is 0.568. The highest BCUT2D eigenvalue weighted by Gasteiger charge is 2.32. The molecule has 0 spiro atoms. The second-order valence-electron chi connectivity index (χ2n) is 3.14.